The number of hydrogen-bond acceptors (Lipinski definition) is 4. The second-order valence-corrected chi connectivity index (χ2v) is 9.12. The van der Waals surface area contributed by atoms with Gasteiger partial charge in [-0.1, -0.05) is 40.0 Å². The molecule has 0 spiro atoms. The second kappa shape index (κ2) is 19.0. The minimum atomic E-state index is -5.39. The van der Waals surface area contributed by atoms with Crippen LogP contribution in [-0.4, -0.2) is 15.0 Å². The molecule has 0 bridgehead atoms. The van der Waals surface area contributed by atoms with Crippen molar-refractivity contribution in [3.63, 3.8) is 0 Å². The van der Waals surface area contributed by atoms with Crippen LogP contribution in [0.1, 0.15) is 76.8 Å². The molecule has 0 unspecified atom stereocenters. The SMILES string of the molecule is CCCC[n+]1cc[nH]c1C.CCCC[n+]1cc[nH]c1C.CCCC[n+]1cc[nH]c1C.O=P([O-])([O-])[O-]. The molecule has 3 N–H and O–H groups in total. The first-order valence-electron chi connectivity index (χ1n) is 12.4. The highest BCUT2D eigenvalue weighted by Crippen LogP contribution is 2.03. The topological polar surface area (TPSA) is 145 Å². The summed E-state index contributed by atoms with van der Waals surface area (Å²) in [4.78, 5) is 35.1. The lowest BCUT2D eigenvalue weighted by molar-refractivity contribution is -0.702. The molecule has 0 amide bonds. The Balaban J connectivity index is 0.000000453. The Hall–Kier alpha value is -2.26. The van der Waals surface area contributed by atoms with Crippen molar-refractivity contribution in [2.24, 2.45) is 0 Å². The van der Waals surface area contributed by atoms with Gasteiger partial charge in [0.1, 0.15) is 37.2 Å². The van der Waals surface area contributed by atoms with Gasteiger partial charge in [0, 0.05) is 20.8 Å². The van der Waals surface area contributed by atoms with E-state index in [2.05, 4.69) is 88.8 Å². The quantitative estimate of drug-likeness (QED) is 0.294. The summed E-state index contributed by atoms with van der Waals surface area (Å²) in [5.41, 5.74) is 0. The normalized spacial score (nSPS) is 10.4. The van der Waals surface area contributed by atoms with Gasteiger partial charge >= 0.3 is 0 Å². The zero-order chi connectivity index (χ0) is 26.7. The van der Waals surface area contributed by atoms with Crippen molar-refractivity contribution in [1.29, 1.82) is 0 Å². The molecule has 0 atom stereocenters. The van der Waals surface area contributed by atoms with Crippen molar-refractivity contribution < 1.29 is 32.9 Å². The maximum Gasteiger partial charge on any atom is 0.251 e. The summed E-state index contributed by atoms with van der Waals surface area (Å²) in [6, 6.07) is 0. The molecule has 11 heteroatoms. The van der Waals surface area contributed by atoms with Crippen molar-refractivity contribution >= 4 is 7.82 Å². The first kappa shape index (κ1) is 32.7. The standard InChI is InChI=1S/3C8H14N2.H3O4P/c3*1-3-4-6-10-7-5-9-8(10)2;1-5(2,3)4/h3*5,7H,3-4,6H2,1-2H3;(H3,1,2,3,4). The number of aryl methyl sites for hydroxylation is 6. The smallest absolute Gasteiger partial charge is 0.251 e. The monoisotopic (exact) mass is 512 g/mol. The molecule has 3 aromatic heterocycles. The number of phosphoric acid groups is 1. The van der Waals surface area contributed by atoms with Crippen LogP contribution in [0, 0.1) is 20.8 Å². The molecule has 0 aliphatic heterocycles. The van der Waals surface area contributed by atoms with Gasteiger partial charge in [0.05, 0.1) is 19.6 Å². The lowest BCUT2D eigenvalue weighted by atomic mass is 10.3. The Kier molecular flexibility index (Phi) is 17.8. The van der Waals surface area contributed by atoms with Gasteiger partial charge in [-0.3, -0.25) is 0 Å². The summed E-state index contributed by atoms with van der Waals surface area (Å²) in [6.45, 7) is 16.3. The lowest BCUT2D eigenvalue weighted by Crippen LogP contribution is -2.34. The maximum absolute atomic E-state index is 8.55. The molecule has 0 saturated heterocycles. The summed E-state index contributed by atoms with van der Waals surface area (Å²) in [7, 11) is -5.39. The fraction of sp³-hybridized carbons (Fsp3) is 0.625. The van der Waals surface area contributed by atoms with E-state index in [1.165, 1.54) is 56.0 Å². The Morgan fingerprint density at radius 3 is 1.00 bits per heavy atom. The molecule has 200 valence electrons. The molecule has 3 heterocycles. The van der Waals surface area contributed by atoms with Gasteiger partial charge in [0.25, 0.3) is 17.5 Å². The fourth-order valence-corrected chi connectivity index (χ4v) is 3.04. The van der Waals surface area contributed by atoms with E-state index in [0.29, 0.717) is 0 Å². The van der Waals surface area contributed by atoms with Crippen molar-refractivity contribution in [1.82, 2.24) is 15.0 Å². The molecule has 3 aromatic rings. The highest BCUT2D eigenvalue weighted by Gasteiger charge is 2.02. The van der Waals surface area contributed by atoms with Crippen LogP contribution in [0.5, 0.6) is 0 Å². The van der Waals surface area contributed by atoms with Crippen LogP contribution in [0.25, 0.3) is 0 Å². The van der Waals surface area contributed by atoms with Gasteiger partial charge in [-0.25, -0.2) is 28.7 Å². The van der Waals surface area contributed by atoms with Crippen molar-refractivity contribution in [3.05, 3.63) is 54.7 Å². The molecular formula is C24H45N6O4P. The Bertz CT molecular complexity index is 834. The number of aromatic nitrogens is 6. The predicted octanol–water partition coefficient (Wildman–Crippen LogP) is 1.41. The molecule has 0 aromatic carbocycles. The molecule has 0 radical (unpaired) electrons. The summed E-state index contributed by atoms with van der Waals surface area (Å²) in [6.07, 6.45) is 19.8. The van der Waals surface area contributed by atoms with Crippen LogP contribution in [-0.2, 0) is 24.2 Å². The van der Waals surface area contributed by atoms with Crippen molar-refractivity contribution in [3.8, 4) is 0 Å². The number of nitrogens with one attached hydrogen (secondary N) is 3. The number of imidazole rings is 3. The zero-order valence-corrected chi connectivity index (χ0v) is 23.1. The average Bonchev–Trinajstić information content (AvgIpc) is 3.51. The van der Waals surface area contributed by atoms with Crippen LogP contribution in [0.15, 0.2) is 37.2 Å². The number of aromatic amines is 3. The predicted molar refractivity (Wildman–Crippen MR) is 130 cm³/mol. The highest BCUT2D eigenvalue weighted by atomic mass is 31.2. The zero-order valence-electron chi connectivity index (χ0n) is 22.2. The Labute approximate surface area is 210 Å². The third kappa shape index (κ3) is 17.8. The summed E-state index contributed by atoms with van der Waals surface area (Å²) >= 11 is 0. The summed E-state index contributed by atoms with van der Waals surface area (Å²) < 4.78 is 15.3. The van der Waals surface area contributed by atoms with E-state index in [1.807, 2.05) is 18.6 Å². The summed E-state index contributed by atoms with van der Waals surface area (Å²) in [5.74, 6) is 3.73. The number of rotatable bonds is 9. The van der Waals surface area contributed by atoms with Crippen LogP contribution in [0.4, 0.5) is 0 Å². The lowest BCUT2D eigenvalue weighted by Gasteiger charge is -2.36. The van der Waals surface area contributed by atoms with Crippen molar-refractivity contribution in [2.45, 2.75) is 99.7 Å². The van der Waals surface area contributed by atoms with Crippen LogP contribution >= 0.6 is 7.82 Å². The number of hydrogen-bond donors (Lipinski definition) is 3. The van der Waals surface area contributed by atoms with Gasteiger partial charge in [-0.05, 0) is 19.3 Å². The van der Waals surface area contributed by atoms with Crippen molar-refractivity contribution in [2.75, 3.05) is 0 Å². The van der Waals surface area contributed by atoms with E-state index in [4.69, 9.17) is 19.2 Å². The number of nitrogens with zero attached hydrogens (tertiary/aromatic N) is 3. The van der Waals surface area contributed by atoms with Gasteiger partial charge in [-0.15, -0.1) is 0 Å². The minimum absolute atomic E-state index is 1.14. The van der Waals surface area contributed by atoms with Crippen LogP contribution < -0.4 is 28.4 Å². The third-order valence-electron chi connectivity index (χ3n) is 5.19. The van der Waals surface area contributed by atoms with E-state index in [0.717, 1.165) is 19.6 Å². The third-order valence-corrected chi connectivity index (χ3v) is 5.19. The number of H-pyrrole nitrogens is 3. The fourth-order valence-electron chi connectivity index (χ4n) is 3.04. The molecule has 10 nitrogen and oxygen atoms in total. The highest BCUT2D eigenvalue weighted by molar-refractivity contribution is 7.40. The first-order valence-corrected chi connectivity index (χ1v) is 13.8. The van der Waals surface area contributed by atoms with Gasteiger partial charge in [0.2, 0.25) is 0 Å². The number of unbranched alkanes of at least 4 members (excludes halogenated alkanes) is 3. The van der Waals surface area contributed by atoms with E-state index < -0.39 is 7.82 Å². The second-order valence-electron chi connectivity index (χ2n) is 8.22. The van der Waals surface area contributed by atoms with E-state index >= 15 is 0 Å². The molecule has 35 heavy (non-hydrogen) atoms. The van der Waals surface area contributed by atoms with E-state index in [1.54, 1.807) is 0 Å². The molecule has 0 saturated carbocycles. The van der Waals surface area contributed by atoms with Gasteiger partial charge < -0.3 is 19.2 Å². The first-order chi connectivity index (χ1) is 16.5. The molecule has 0 aliphatic carbocycles. The largest absolute Gasteiger partial charge is 0.822 e. The van der Waals surface area contributed by atoms with E-state index in [-0.39, 0.29) is 0 Å². The molecule has 3 rings (SSSR count). The Morgan fingerprint density at radius 1 is 0.629 bits per heavy atom. The van der Waals surface area contributed by atoms with Crippen LogP contribution in [0.3, 0.4) is 0 Å². The summed E-state index contributed by atoms with van der Waals surface area (Å²) in [5, 5.41) is 0. The average molecular weight is 513 g/mol. The van der Waals surface area contributed by atoms with Gasteiger partial charge in [-0.2, -0.15) is 7.82 Å². The minimum Gasteiger partial charge on any atom is -0.822 e. The maximum atomic E-state index is 8.55. The van der Waals surface area contributed by atoms with Crippen LogP contribution in [0.2, 0.25) is 0 Å². The van der Waals surface area contributed by atoms with Gasteiger partial charge in [0.15, 0.2) is 0 Å². The molecule has 0 fully saturated rings. The van der Waals surface area contributed by atoms with E-state index in [9.17, 15) is 0 Å². The Morgan fingerprint density at radius 2 is 0.857 bits per heavy atom. The molecule has 0 aliphatic rings. The molecular weight excluding hydrogens is 467 g/mol.